The smallest absolute Gasteiger partial charge is 0.328 e. The molecular weight excluding hydrogens is 400 g/mol. The van der Waals surface area contributed by atoms with E-state index in [9.17, 15) is 14.4 Å². The fraction of sp³-hybridized carbons (Fsp3) is 0.500. The molecule has 0 bridgehead atoms. The van der Waals surface area contributed by atoms with Crippen molar-refractivity contribution >= 4 is 17.9 Å². The predicted molar refractivity (Wildman–Crippen MR) is 116 cm³/mol. The Kier molecular flexibility index (Phi) is 10.5. The minimum absolute atomic E-state index is 0.319. The standard InChI is InChI=1S/C22H32N4O5/c23-11-5-4-8-18(9-10-20(27)28)24-21(29)19(16-17-6-2-1-3-7-17)25-22(30)26-12-14-31-15-13-26/h1-3,6-7,9-10,18-19H,4-5,8,11-16,23H2,(H,24,29)(H,25,30)(H,27,28). The summed E-state index contributed by atoms with van der Waals surface area (Å²) in [6.45, 7) is 2.39. The van der Waals surface area contributed by atoms with E-state index in [0.29, 0.717) is 45.7 Å². The van der Waals surface area contributed by atoms with Crippen LogP contribution in [0.25, 0.3) is 0 Å². The second-order valence-electron chi connectivity index (χ2n) is 7.39. The van der Waals surface area contributed by atoms with Gasteiger partial charge in [0.2, 0.25) is 5.91 Å². The number of nitrogens with zero attached hydrogens (tertiary/aromatic N) is 1. The van der Waals surface area contributed by atoms with Crippen LogP contribution in [0.1, 0.15) is 24.8 Å². The molecule has 1 fully saturated rings. The van der Waals surface area contributed by atoms with Crippen LogP contribution in [0.4, 0.5) is 4.79 Å². The summed E-state index contributed by atoms with van der Waals surface area (Å²) in [6, 6.07) is 7.84. The third kappa shape index (κ3) is 9.18. The van der Waals surface area contributed by atoms with E-state index < -0.39 is 18.1 Å². The lowest BCUT2D eigenvalue weighted by molar-refractivity contribution is -0.131. The summed E-state index contributed by atoms with van der Waals surface area (Å²) in [4.78, 5) is 38.3. The number of amides is 3. The summed E-state index contributed by atoms with van der Waals surface area (Å²) < 4.78 is 5.28. The molecule has 2 rings (SSSR count). The molecule has 0 saturated carbocycles. The molecule has 1 aromatic rings. The van der Waals surface area contributed by atoms with Crippen molar-refractivity contribution in [3.63, 3.8) is 0 Å². The van der Waals surface area contributed by atoms with E-state index in [4.69, 9.17) is 15.6 Å². The fourth-order valence-corrected chi connectivity index (χ4v) is 3.27. The Balaban J connectivity index is 2.09. The summed E-state index contributed by atoms with van der Waals surface area (Å²) in [5.74, 6) is -1.45. The average Bonchev–Trinajstić information content (AvgIpc) is 2.78. The number of carbonyl (C=O) groups excluding carboxylic acids is 2. The Morgan fingerprint density at radius 3 is 2.48 bits per heavy atom. The van der Waals surface area contributed by atoms with Crippen LogP contribution in [0.5, 0.6) is 0 Å². The van der Waals surface area contributed by atoms with Crippen LogP contribution in [0.15, 0.2) is 42.5 Å². The molecule has 31 heavy (non-hydrogen) atoms. The van der Waals surface area contributed by atoms with E-state index in [0.717, 1.165) is 24.5 Å². The van der Waals surface area contributed by atoms with E-state index in [1.807, 2.05) is 30.3 Å². The number of unbranched alkanes of at least 4 members (excludes halogenated alkanes) is 1. The van der Waals surface area contributed by atoms with E-state index in [2.05, 4.69) is 10.6 Å². The summed E-state index contributed by atoms with van der Waals surface area (Å²) in [6.07, 6.45) is 4.87. The number of nitrogens with two attached hydrogens (primary N) is 1. The number of aliphatic carboxylic acids is 1. The Morgan fingerprint density at radius 1 is 1.13 bits per heavy atom. The van der Waals surface area contributed by atoms with Gasteiger partial charge in [0.15, 0.2) is 0 Å². The summed E-state index contributed by atoms with van der Waals surface area (Å²) in [5.41, 5.74) is 6.45. The first kappa shape index (κ1) is 24.4. The molecule has 2 unspecified atom stereocenters. The van der Waals surface area contributed by atoms with Crippen LogP contribution in [-0.2, 0) is 20.7 Å². The quantitative estimate of drug-likeness (QED) is 0.303. The zero-order valence-electron chi connectivity index (χ0n) is 17.7. The highest BCUT2D eigenvalue weighted by Crippen LogP contribution is 2.08. The monoisotopic (exact) mass is 432 g/mol. The van der Waals surface area contributed by atoms with Crippen molar-refractivity contribution in [1.82, 2.24) is 15.5 Å². The SMILES string of the molecule is NCCCCC(C=CC(=O)O)NC(=O)C(Cc1ccccc1)NC(=O)N1CCOCC1. The van der Waals surface area contributed by atoms with Crippen LogP contribution >= 0.6 is 0 Å². The maximum absolute atomic E-state index is 13.1. The van der Waals surface area contributed by atoms with Crippen molar-refractivity contribution in [2.45, 2.75) is 37.8 Å². The Hall–Kier alpha value is -2.91. The number of rotatable bonds is 11. The number of hydrogen-bond donors (Lipinski definition) is 4. The number of benzene rings is 1. The molecule has 1 heterocycles. The number of ether oxygens (including phenoxy) is 1. The lowest BCUT2D eigenvalue weighted by Crippen LogP contribution is -2.55. The predicted octanol–water partition coefficient (Wildman–Crippen LogP) is 0.894. The first-order valence-corrected chi connectivity index (χ1v) is 10.6. The zero-order valence-corrected chi connectivity index (χ0v) is 17.7. The summed E-state index contributed by atoms with van der Waals surface area (Å²) in [5, 5.41) is 14.6. The van der Waals surface area contributed by atoms with Crippen molar-refractivity contribution in [3.8, 4) is 0 Å². The maximum atomic E-state index is 13.1. The molecule has 1 aliphatic rings. The van der Waals surface area contributed by atoms with Gasteiger partial charge in [-0.15, -0.1) is 0 Å². The van der Waals surface area contributed by atoms with Crippen LogP contribution in [-0.4, -0.2) is 72.8 Å². The molecule has 5 N–H and O–H groups in total. The molecule has 170 valence electrons. The number of urea groups is 1. The third-order valence-corrected chi connectivity index (χ3v) is 4.96. The molecule has 0 radical (unpaired) electrons. The zero-order chi connectivity index (χ0) is 22.5. The normalized spacial score (nSPS) is 16.0. The van der Waals surface area contributed by atoms with Crippen molar-refractivity contribution in [2.75, 3.05) is 32.8 Å². The van der Waals surface area contributed by atoms with Gasteiger partial charge in [-0.25, -0.2) is 9.59 Å². The van der Waals surface area contributed by atoms with E-state index in [1.54, 1.807) is 4.90 Å². The van der Waals surface area contributed by atoms with Gasteiger partial charge in [0.05, 0.1) is 13.2 Å². The molecule has 9 nitrogen and oxygen atoms in total. The Labute approximate surface area is 182 Å². The van der Waals surface area contributed by atoms with Gasteiger partial charge < -0.3 is 31.1 Å². The van der Waals surface area contributed by atoms with E-state index in [1.165, 1.54) is 6.08 Å². The first-order chi connectivity index (χ1) is 15.0. The topological polar surface area (TPSA) is 134 Å². The lowest BCUT2D eigenvalue weighted by atomic mass is 10.0. The average molecular weight is 433 g/mol. The highest BCUT2D eigenvalue weighted by molar-refractivity contribution is 5.88. The number of carboxylic acid groups (broad SMARTS) is 1. The molecule has 1 aromatic carbocycles. The van der Waals surface area contributed by atoms with Crippen LogP contribution in [0.3, 0.4) is 0 Å². The molecule has 0 spiro atoms. The number of hydrogen-bond acceptors (Lipinski definition) is 5. The van der Waals surface area contributed by atoms with E-state index >= 15 is 0 Å². The number of nitrogens with one attached hydrogen (secondary N) is 2. The summed E-state index contributed by atoms with van der Waals surface area (Å²) in [7, 11) is 0. The molecule has 0 aliphatic carbocycles. The van der Waals surface area contributed by atoms with Gasteiger partial charge in [0, 0.05) is 31.6 Å². The number of carboxylic acids is 1. The molecule has 1 aliphatic heterocycles. The second kappa shape index (κ2) is 13.4. The van der Waals surface area contributed by atoms with Crippen molar-refractivity contribution < 1.29 is 24.2 Å². The highest BCUT2D eigenvalue weighted by Gasteiger charge is 2.26. The molecule has 2 atom stereocenters. The van der Waals surface area contributed by atoms with Gasteiger partial charge in [-0.3, -0.25) is 4.79 Å². The molecule has 9 heteroatoms. The van der Waals surface area contributed by atoms with Gasteiger partial charge >= 0.3 is 12.0 Å². The van der Waals surface area contributed by atoms with Gasteiger partial charge in [0.25, 0.3) is 0 Å². The second-order valence-corrected chi connectivity index (χ2v) is 7.39. The van der Waals surface area contributed by atoms with Gasteiger partial charge in [-0.1, -0.05) is 36.4 Å². The molecule has 3 amide bonds. The number of morpholine rings is 1. The largest absolute Gasteiger partial charge is 0.478 e. The first-order valence-electron chi connectivity index (χ1n) is 10.6. The van der Waals surface area contributed by atoms with Gasteiger partial charge in [-0.05, 0) is 31.4 Å². The van der Waals surface area contributed by atoms with Gasteiger partial charge in [0.1, 0.15) is 6.04 Å². The van der Waals surface area contributed by atoms with Crippen LogP contribution in [0, 0.1) is 0 Å². The highest BCUT2D eigenvalue weighted by atomic mass is 16.5. The molecular formula is C22H32N4O5. The Morgan fingerprint density at radius 2 is 1.84 bits per heavy atom. The van der Waals surface area contributed by atoms with Crippen LogP contribution in [0.2, 0.25) is 0 Å². The minimum atomic E-state index is -1.08. The lowest BCUT2D eigenvalue weighted by Gasteiger charge is -2.29. The minimum Gasteiger partial charge on any atom is -0.478 e. The third-order valence-electron chi connectivity index (χ3n) is 4.96. The van der Waals surface area contributed by atoms with Gasteiger partial charge in [-0.2, -0.15) is 0 Å². The fourth-order valence-electron chi connectivity index (χ4n) is 3.27. The van der Waals surface area contributed by atoms with Crippen molar-refractivity contribution in [2.24, 2.45) is 5.73 Å². The molecule has 0 aromatic heterocycles. The summed E-state index contributed by atoms with van der Waals surface area (Å²) >= 11 is 0. The van der Waals surface area contributed by atoms with Crippen molar-refractivity contribution in [3.05, 3.63) is 48.0 Å². The molecule has 1 saturated heterocycles. The Bertz CT molecular complexity index is 735. The van der Waals surface area contributed by atoms with Crippen molar-refractivity contribution in [1.29, 1.82) is 0 Å². The van der Waals surface area contributed by atoms with Crippen LogP contribution < -0.4 is 16.4 Å². The number of carbonyl (C=O) groups is 3. The van der Waals surface area contributed by atoms with E-state index in [-0.39, 0.29) is 11.9 Å². The maximum Gasteiger partial charge on any atom is 0.328 e.